The molecule has 5 rings (SSSR count). The van der Waals surface area contributed by atoms with Crippen molar-refractivity contribution in [2.45, 2.75) is 45.1 Å². The maximum absolute atomic E-state index is 12.6. The number of ether oxygens (including phenoxy) is 2. The van der Waals surface area contributed by atoms with E-state index in [2.05, 4.69) is 17.1 Å². The predicted octanol–water partition coefficient (Wildman–Crippen LogP) is 2.02. The Morgan fingerprint density at radius 2 is 1.91 bits per heavy atom. The first-order chi connectivity index (χ1) is 10.6. The number of nitrogens with one attached hydrogen (secondary N) is 1. The van der Waals surface area contributed by atoms with Crippen LogP contribution in [0, 0.1) is 5.92 Å². The van der Waals surface area contributed by atoms with Gasteiger partial charge in [-0.2, -0.15) is 0 Å². The molecule has 4 aliphatic heterocycles. The predicted molar refractivity (Wildman–Crippen MR) is 82.2 cm³/mol. The maximum atomic E-state index is 12.6. The third-order valence-corrected chi connectivity index (χ3v) is 5.27. The molecule has 2 bridgehead atoms. The molecule has 0 spiro atoms. The summed E-state index contributed by atoms with van der Waals surface area (Å²) < 4.78 is 11.0. The first-order valence-corrected chi connectivity index (χ1v) is 8.14. The molecule has 5 heteroatoms. The number of hydrogen-bond acceptors (Lipinski definition) is 4. The largest absolute Gasteiger partial charge is 0.451 e. The number of hydrogen-bond donors (Lipinski definition) is 1. The van der Waals surface area contributed by atoms with Crippen LogP contribution in [0.15, 0.2) is 18.2 Å². The molecular formula is C17H22N2O3. The van der Waals surface area contributed by atoms with Gasteiger partial charge in [0.05, 0.1) is 0 Å². The fourth-order valence-corrected chi connectivity index (χ4v) is 4.00. The molecule has 3 fully saturated rings. The van der Waals surface area contributed by atoms with Crippen LogP contribution in [0.1, 0.15) is 37.0 Å². The minimum Gasteiger partial charge on any atom is -0.451 e. The molecule has 1 unspecified atom stereocenters. The SMILES string of the molecule is CC1Oc2ccc(C(=O)N[C@@H]3C4CCN(CC4)[C@H]3C)cc2O1. The molecule has 4 heterocycles. The normalized spacial score (nSPS) is 35.5. The summed E-state index contributed by atoms with van der Waals surface area (Å²) in [5, 5.41) is 3.24. The van der Waals surface area contributed by atoms with Crippen molar-refractivity contribution >= 4 is 5.91 Å². The fraction of sp³-hybridized carbons (Fsp3) is 0.588. The lowest BCUT2D eigenvalue weighted by Crippen LogP contribution is -2.62. The second kappa shape index (κ2) is 5.16. The number of piperidine rings is 3. The monoisotopic (exact) mass is 302 g/mol. The summed E-state index contributed by atoms with van der Waals surface area (Å²) in [6, 6.07) is 6.07. The van der Waals surface area contributed by atoms with Crippen LogP contribution in [-0.2, 0) is 0 Å². The standard InChI is InChI=1S/C17H22N2O3/c1-10-16(12-5-7-19(10)8-6-12)18-17(20)13-3-4-14-15(9-13)22-11(2)21-14/h3-4,9-12,16H,5-8H2,1-2H3,(H,18,20)/t10-,11?,16-/m0/s1. The zero-order valence-corrected chi connectivity index (χ0v) is 13.0. The smallest absolute Gasteiger partial charge is 0.251 e. The van der Waals surface area contributed by atoms with Gasteiger partial charge in [-0.1, -0.05) is 0 Å². The van der Waals surface area contributed by atoms with E-state index in [1.807, 2.05) is 19.1 Å². The van der Waals surface area contributed by atoms with E-state index >= 15 is 0 Å². The Labute approximate surface area is 130 Å². The lowest BCUT2D eigenvalue weighted by molar-refractivity contribution is 0.0217. The highest BCUT2D eigenvalue weighted by molar-refractivity contribution is 5.95. The third kappa shape index (κ3) is 2.24. The molecule has 3 atom stereocenters. The minimum absolute atomic E-state index is 0.0171. The van der Waals surface area contributed by atoms with Crippen LogP contribution in [0.3, 0.4) is 0 Å². The number of nitrogens with zero attached hydrogens (tertiary/aromatic N) is 1. The molecule has 3 saturated heterocycles. The average Bonchev–Trinajstić information content (AvgIpc) is 2.90. The second-order valence-electron chi connectivity index (χ2n) is 6.58. The summed E-state index contributed by atoms with van der Waals surface area (Å²) in [7, 11) is 0. The van der Waals surface area contributed by atoms with Crippen LogP contribution in [0.2, 0.25) is 0 Å². The quantitative estimate of drug-likeness (QED) is 0.908. The number of fused-ring (bicyclic) bond motifs is 4. The zero-order valence-electron chi connectivity index (χ0n) is 13.0. The number of amides is 1. The van der Waals surface area contributed by atoms with Crippen LogP contribution in [0.4, 0.5) is 0 Å². The highest BCUT2D eigenvalue weighted by Crippen LogP contribution is 2.36. The van der Waals surface area contributed by atoms with Gasteiger partial charge in [-0.25, -0.2) is 0 Å². The molecule has 22 heavy (non-hydrogen) atoms. The van der Waals surface area contributed by atoms with Crippen molar-refractivity contribution in [2.24, 2.45) is 5.92 Å². The van der Waals surface area contributed by atoms with E-state index in [0.717, 1.165) is 0 Å². The van der Waals surface area contributed by atoms with Gasteiger partial charge in [0.2, 0.25) is 6.29 Å². The maximum Gasteiger partial charge on any atom is 0.251 e. The molecule has 0 aliphatic carbocycles. The Morgan fingerprint density at radius 1 is 1.18 bits per heavy atom. The van der Waals surface area contributed by atoms with Crippen LogP contribution < -0.4 is 14.8 Å². The third-order valence-electron chi connectivity index (χ3n) is 5.27. The molecule has 4 aliphatic rings. The topological polar surface area (TPSA) is 50.8 Å². The van der Waals surface area contributed by atoms with E-state index in [4.69, 9.17) is 9.47 Å². The van der Waals surface area contributed by atoms with Gasteiger partial charge >= 0.3 is 0 Å². The van der Waals surface area contributed by atoms with Crippen molar-refractivity contribution in [3.8, 4) is 11.5 Å². The highest BCUT2D eigenvalue weighted by Gasteiger charge is 2.40. The molecule has 0 saturated carbocycles. The van der Waals surface area contributed by atoms with Gasteiger partial charge in [0.25, 0.3) is 5.91 Å². The van der Waals surface area contributed by atoms with E-state index < -0.39 is 0 Å². The van der Waals surface area contributed by atoms with Crippen molar-refractivity contribution in [3.63, 3.8) is 0 Å². The van der Waals surface area contributed by atoms with Crippen molar-refractivity contribution in [3.05, 3.63) is 23.8 Å². The van der Waals surface area contributed by atoms with Gasteiger partial charge in [-0.3, -0.25) is 9.69 Å². The van der Waals surface area contributed by atoms with E-state index in [1.54, 1.807) is 6.07 Å². The first-order valence-electron chi connectivity index (χ1n) is 8.14. The van der Waals surface area contributed by atoms with Gasteiger partial charge in [0.1, 0.15) is 0 Å². The van der Waals surface area contributed by atoms with Crippen molar-refractivity contribution in [2.75, 3.05) is 13.1 Å². The summed E-state index contributed by atoms with van der Waals surface area (Å²) in [5.74, 6) is 1.96. The van der Waals surface area contributed by atoms with Gasteiger partial charge in [-0.05, 0) is 57.0 Å². The van der Waals surface area contributed by atoms with Crippen LogP contribution in [0.5, 0.6) is 11.5 Å². The van der Waals surface area contributed by atoms with Gasteiger partial charge in [-0.15, -0.1) is 0 Å². The van der Waals surface area contributed by atoms with Gasteiger partial charge < -0.3 is 14.8 Å². The molecule has 1 N–H and O–H groups in total. The van der Waals surface area contributed by atoms with Crippen LogP contribution in [0.25, 0.3) is 0 Å². The van der Waals surface area contributed by atoms with Crippen LogP contribution >= 0.6 is 0 Å². The Balaban J connectivity index is 1.50. The molecule has 0 radical (unpaired) electrons. The zero-order chi connectivity index (χ0) is 15.3. The van der Waals surface area contributed by atoms with E-state index in [0.29, 0.717) is 29.0 Å². The Kier molecular flexibility index (Phi) is 3.26. The Morgan fingerprint density at radius 3 is 2.64 bits per heavy atom. The van der Waals surface area contributed by atoms with Crippen molar-refractivity contribution in [1.29, 1.82) is 0 Å². The summed E-state index contributed by atoms with van der Waals surface area (Å²) in [6.45, 7) is 6.40. The molecule has 1 amide bonds. The average molecular weight is 302 g/mol. The van der Waals surface area contributed by atoms with E-state index in [1.165, 1.54) is 25.9 Å². The summed E-state index contributed by atoms with van der Waals surface area (Å²) >= 11 is 0. The summed E-state index contributed by atoms with van der Waals surface area (Å²) in [5.41, 5.74) is 0.639. The van der Waals surface area contributed by atoms with Crippen molar-refractivity contribution in [1.82, 2.24) is 10.2 Å². The number of carbonyl (C=O) groups excluding carboxylic acids is 1. The fourth-order valence-electron chi connectivity index (χ4n) is 4.00. The van der Waals surface area contributed by atoms with Gasteiger partial charge in [0, 0.05) is 24.6 Å². The van der Waals surface area contributed by atoms with Crippen LogP contribution in [-0.4, -0.2) is 42.3 Å². The molecule has 1 aromatic carbocycles. The summed E-state index contributed by atoms with van der Waals surface area (Å²) in [6.07, 6.45) is 2.09. The number of rotatable bonds is 2. The summed E-state index contributed by atoms with van der Waals surface area (Å²) in [4.78, 5) is 15.1. The number of benzene rings is 1. The molecule has 5 nitrogen and oxygen atoms in total. The molecular weight excluding hydrogens is 280 g/mol. The first kappa shape index (κ1) is 13.9. The van der Waals surface area contributed by atoms with Crippen molar-refractivity contribution < 1.29 is 14.3 Å². The van der Waals surface area contributed by atoms with E-state index in [9.17, 15) is 4.79 Å². The highest BCUT2D eigenvalue weighted by atomic mass is 16.7. The molecule has 1 aromatic rings. The van der Waals surface area contributed by atoms with Gasteiger partial charge in [0.15, 0.2) is 11.5 Å². The lowest BCUT2D eigenvalue weighted by atomic mass is 9.79. The van der Waals surface area contributed by atoms with E-state index in [-0.39, 0.29) is 18.2 Å². The molecule has 0 aromatic heterocycles. The Hall–Kier alpha value is -1.75. The minimum atomic E-state index is -0.282. The Bertz CT molecular complexity index is 594. The lowest BCUT2D eigenvalue weighted by Gasteiger charge is -2.49. The number of carbonyl (C=O) groups is 1. The molecule has 118 valence electrons. The second-order valence-corrected chi connectivity index (χ2v) is 6.58.